The van der Waals surface area contributed by atoms with E-state index in [2.05, 4.69) is 16.0 Å². The lowest BCUT2D eigenvalue weighted by molar-refractivity contribution is -0.144. The van der Waals surface area contributed by atoms with Crippen LogP contribution in [0.3, 0.4) is 0 Å². The first-order valence-electron chi connectivity index (χ1n) is 7.13. The highest BCUT2D eigenvalue weighted by Crippen LogP contribution is 2.56. The predicted molar refractivity (Wildman–Crippen MR) is 78.0 cm³/mol. The maximum atomic E-state index is 12.2. The lowest BCUT2D eigenvalue weighted by Crippen LogP contribution is -2.25. The summed E-state index contributed by atoms with van der Waals surface area (Å²) >= 11 is 0. The van der Waals surface area contributed by atoms with E-state index in [0.717, 1.165) is 5.82 Å². The summed E-state index contributed by atoms with van der Waals surface area (Å²) in [5.74, 6) is 0.587. The second-order valence-electron chi connectivity index (χ2n) is 5.41. The number of imidazole rings is 1. The number of methoxy groups -OCH3 is 1. The van der Waals surface area contributed by atoms with Crippen LogP contribution in [0.5, 0.6) is 0 Å². The maximum Gasteiger partial charge on any atom is 0.318 e. The highest BCUT2D eigenvalue weighted by atomic mass is 16.5. The molecule has 0 saturated heterocycles. The number of pyridine rings is 1. The number of rotatable bonds is 5. The van der Waals surface area contributed by atoms with Crippen molar-refractivity contribution in [3.63, 3.8) is 0 Å². The van der Waals surface area contributed by atoms with Crippen LogP contribution >= 0.6 is 0 Å². The fourth-order valence-electron chi connectivity index (χ4n) is 2.95. The number of esters is 1. The molecule has 6 heteroatoms. The van der Waals surface area contributed by atoms with Gasteiger partial charge in [-0.25, -0.2) is 9.97 Å². The second-order valence-corrected chi connectivity index (χ2v) is 5.41. The normalized spacial score (nSPS) is 22.8. The Kier molecular flexibility index (Phi) is 3.63. The summed E-state index contributed by atoms with van der Waals surface area (Å²) in [7, 11) is 1.39. The molecule has 0 aliphatic heterocycles. The van der Waals surface area contributed by atoms with Crippen molar-refractivity contribution in [3.05, 3.63) is 42.6 Å². The average molecular weight is 296 g/mol. The minimum absolute atomic E-state index is 0.117. The summed E-state index contributed by atoms with van der Waals surface area (Å²) in [6.07, 6.45) is 6.98. The van der Waals surface area contributed by atoms with Gasteiger partial charge in [-0.2, -0.15) is 5.26 Å². The molecule has 6 nitrogen and oxygen atoms in total. The van der Waals surface area contributed by atoms with E-state index in [9.17, 15) is 4.79 Å². The molecule has 2 atom stereocenters. The Balaban J connectivity index is 1.90. The summed E-state index contributed by atoms with van der Waals surface area (Å²) < 4.78 is 6.76. The van der Waals surface area contributed by atoms with Crippen LogP contribution in [0, 0.1) is 17.2 Å². The molecular formula is C16H16N4O2. The van der Waals surface area contributed by atoms with E-state index in [0.29, 0.717) is 25.0 Å². The molecule has 2 heterocycles. The van der Waals surface area contributed by atoms with Gasteiger partial charge in [-0.05, 0) is 30.9 Å². The summed E-state index contributed by atoms with van der Waals surface area (Å²) in [5, 5.41) is 8.74. The van der Waals surface area contributed by atoms with Gasteiger partial charge in [-0.1, -0.05) is 6.07 Å². The second kappa shape index (κ2) is 5.60. The summed E-state index contributed by atoms with van der Waals surface area (Å²) in [4.78, 5) is 20.9. The summed E-state index contributed by atoms with van der Waals surface area (Å²) in [5.41, 5.74) is -0.0148. The van der Waals surface area contributed by atoms with Gasteiger partial charge in [-0.3, -0.25) is 9.36 Å². The highest BCUT2D eigenvalue weighted by Gasteiger charge is 2.63. The van der Waals surface area contributed by atoms with Gasteiger partial charge in [0.2, 0.25) is 0 Å². The van der Waals surface area contributed by atoms with Crippen molar-refractivity contribution in [2.45, 2.75) is 24.7 Å². The molecular weight excluding hydrogens is 280 g/mol. The first-order chi connectivity index (χ1) is 10.7. The standard InChI is InChI=1S/C16H16N4O2/c1-22-15(21)16(9-12(16)5-4-7-17)13-10-20(11-19-13)14-6-2-3-8-18-14/h2-3,6,8,10-12H,4-5,9H2,1H3/t12-,16?/m0/s1. The Labute approximate surface area is 128 Å². The number of ether oxygens (including phenoxy) is 1. The summed E-state index contributed by atoms with van der Waals surface area (Å²) in [6.45, 7) is 0. The molecule has 0 N–H and O–H groups in total. The van der Waals surface area contributed by atoms with Crippen LogP contribution in [0.2, 0.25) is 0 Å². The molecule has 112 valence electrons. The highest BCUT2D eigenvalue weighted by molar-refractivity contribution is 5.86. The van der Waals surface area contributed by atoms with Gasteiger partial charge < -0.3 is 4.74 Å². The summed E-state index contributed by atoms with van der Waals surface area (Å²) in [6, 6.07) is 7.74. The monoisotopic (exact) mass is 296 g/mol. The van der Waals surface area contributed by atoms with Crippen LogP contribution in [0.25, 0.3) is 5.82 Å². The molecule has 0 aromatic carbocycles. The molecule has 0 bridgehead atoms. The fourth-order valence-corrected chi connectivity index (χ4v) is 2.95. The van der Waals surface area contributed by atoms with Crippen molar-refractivity contribution < 1.29 is 9.53 Å². The first kappa shape index (κ1) is 14.3. The minimum atomic E-state index is -0.703. The third-order valence-corrected chi connectivity index (χ3v) is 4.21. The molecule has 1 unspecified atom stereocenters. The molecule has 22 heavy (non-hydrogen) atoms. The van der Waals surface area contributed by atoms with Crippen LogP contribution in [0.4, 0.5) is 0 Å². The SMILES string of the molecule is COC(=O)C1(c2cn(-c3ccccn3)cn2)C[C@@H]1CCC#N. The smallest absolute Gasteiger partial charge is 0.318 e. The van der Waals surface area contributed by atoms with Crippen LogP contribution in [-0.2, 0) is 14.9 Å². The fraction of sp³-hybridized carbons (Fsp3) is 0.375. The first-order valence-corrected chi connectivity index (χ1v) is 7.13. The Hall–Kier alpha value is -2.68. The number of aromatic nitrogens is 3. The Morgan fingerprint density at radius 2 is 2.41 bits per heavy atom. The third kappa shape index (κ3) is 2.25. The lowest BCUT2D eigenvalue weighted by atomic mass is 9.98. The zero-order valence-corrected chi connectivity index (χ0v) is 12.3. The van der Waals surface area contributed by atoms with E-state index in [-0.39, 0.29) is 11.9 Å². The molecule has 0 spiro atoms. The molecule has 1 aliphatic carbocycles. The van der Waals surface area contributed by atoms with Gasteiger partial charge in [0.05, 0.1) is 18.9 Å². The van der Waals surface area contributed by atoms with Crippen LogP contribution < -0.4 is 0 Å². The minimum Gasteiger partial charge on any atom is -0.468 e. The van der Waals surface area contributed by atoms with Crippen LogP contribution in [-0.4, -0.2) is 27.6 Å². The van der Waals surface area contributed by atoms with Crippen molar-refractivity contribution in [1.82, 2.24) is 14.5 Å². The van der Waals surface area contributed by atoms with Crippen molar-refractivity contribution >= 4 is 5.97 Å². The van der Waals surface area contributed by atoms with Gasteiger partial charge in [0, 0.05) is 18.8 Å². The van der Waals surface area contributed by atoms with Gasteiger partial charge in [0.1, 0.15) is 17.6 Å². The Morgan fingerprint density at radius 3 is 3.09 bits per heavy atom. The number of hydrogen-bond acceptors (Lipinski definition) is 5. The van der Waals surface area contributed by atoms with E-state index < -0.39 is 5.41 Å². The largest absolute Gasteiger partial charge is 0.468 e. The van der Waals surface area contributed by atoms with Gasteiger partial charge in [0.15, 0.2) is 0 Å². The van der Waals surface area contributed by atoms with Crippen LogP contribution in [0.15, 0.2) is 36.9 Å². The molecule has 1 fully saturated rings. The number of carbonyl (C=O) groups excluding carboxylic acids is 1. The maximum absolute atomic E-state index is 12.2. The number of nitriles is 1. The quantitative estimate of drug-likeness (QED) is 0.788. The van der Waals surface area contributed by atoms with E-state index in [1.807, 2.05) is 24.4 Å². The topological polar surface area (TPSA) is 80.8 Å². The Morgan fingerprint density at radius 1 is 1.55 bits per heavy atom. The van der Waals surface area contributed by atoms with Crippen molar-refractivity contribution in [3.8, 4) is 11.9 Å². The molecule has 2 aromatic heterocycles. The average Bonchev–Trinajstić information content (AvgIpc) is 3.08. The Bertz CT molecular complexity index is 719. The van der Waals surface area contributed by atoms with Crippen molar-refractivity contribution in [1.29, 1.82) is 5.26 Å². The predicted octanol–water partition coefficient (Wildman–Crippen LogP) is 2.00. The van der Waals surface area contributed by atoms with Gasteiger partial charge in [0.25, 0.3) is 0 Å². The number of carbonyl (C=O) groups is 1. The third-order valence-electron chi connectivity index (χ3n) is 4.21. The zero-order chi connectivity index (χ0) is 15.6. The lowest BCUT2D eigenvalue weighted by Gasteiger charge is -2.12. The van der Waals surface area contributed by atoms with E-state index in [4.69, 9.17) is 10.00 Å². The molecule has 1 saturated carbocycles. The zero-order valence-electron chi connectivity index (χ0n) is 12.3. The van der Waals surface area contributed by atoms with Crippen LogP contribution in [0.1, 0.15) is 25.0 Å². The number of nitrogens with zero attached hydrogens (tertiary/aromatic N) is 4. The van der Waals surface area contributed by atoms with E-state index in [1.165, 1.54) is 7.11 Å². The molecule has 2 aromatic rings. The molecule has 1 aliphatic rings. The van der Waals surface area contributed by atoms with E-state index in [1.54, 1.807) is 17.1 Å². The van der Waals surface area contributed by atoms with Gasteiger partial charge in [-0.15, -0.1) is 0 Å². The van der Waals surface area contributed by atoms with Crippen molar-refractivity contribution in [2.75, 3.05) is 7.11 Å². The molecule has 0 amide bonds. The molecule has 0 radical (unpaired) electrons. The van der Waals surface area contributed by atoms with Gasteiger partial charge >= 0.3 is 5.97 Å². The number of hydrogen-bond donors (Lipinski definition) is 0. The van der Waals surface area contributed by atoms with Crippen molar-refractivity contribution in [2.24, 2.45) is 5.92 Å². The van der Waals surface area contributed by atoms with E-state index >= 15 is 0 Å². The molecule has 3 rings (SSSR count).